The molecule has 160 valence electrons. The zero-order valence-electron chi connectivity index (χ0n) is 18.1. The molecule has 0 saturated heterocycles. The van der Waals surface area contributed by atoms with Gasteiger partial charge in [-0.05, 0) is 50.1 Å². The third kappa shape index (κ3) is 4.79. The van der Waals surface area contributed by atoms with Crippen molar-refractivity contribution in [3.8, 4) is 5.75 Å². The molecule has 2 atom stereocenters. The lowest BCUT2D eigenvalue weighted by atomic mass is 9.96. The van der Waals surface area contributed by atoms with Gasteiger partial charge in [0, 0.05) is 28.9 Å². The van der Waals surface area contributed by atoms with E-state index in [2.05, 4.69) is 65.6 Å². The van der Waals surface area contributed by atoms with Crippen LogP contribution in [0.1, 0.15) is 34.9 Å². The number of rotatable bonds is 6. The lowest BCUT2D eigenvalue weighted by Gasteiger charge is -2.15. The van der Waals surface area contributed by atoms with Gasteiger partial charge < -0.3 is 15.4 Å². The molecule has 1 heterocycles. The molecule has 0 fully saturated rings. The zero-order valence-corrected chi connectivity index (χ0v) is 18.1. The smallest absolute Gasteiger partial charge is 0.319 e. The van der Waals surface area contributed by atoms with Crippen molar-refractivity contribution in [3.63, 3.8) is 0 Å². The van der Waals surface area contributed by atoms with Crippen LogP contribution in [0.2, 0.25) is 0 Å². The van der Waals surface area contributed by atoms with E-state index in [9.17, 15) is 4.79 Å². The van der Waals surface area contributed by atoms with Crippen molar-refractivity contribution in [2.75, 3.05) is 12.4 Å². The molecule has 1 aromatic heterocycles. The van der Waals surface area contributed by atoms with Crippen molar-refractivity contribution in [1.82, 2.24) is 15.1 Å². The van der Waals surface area contributed by atoms with Gasteiger partial charge in [0.05, 0.1) is 19.3 Å². The Morgan fingerprint density at radius 2 is 1.84 bits per heavy atom. The molecule has 2 N–H and O–H groups in total. The van der Waals surface area contributed by atoms with Crippen LogP contribution in [0.25, 0.3) is 0 Å². The fourth-order valence-corrected chi connectivity index (χ4v) is 4.19. The van der Waals surface area contributed by atoms with E-state index >= 15 is 0 Å². The van der Waals surface area contributed by atoms with Crippen molar-refractivity contribution in [2.24, 2.45) is 0 Å². The summed E-state index contributed by atoms with van der Waals surface area (Å²) in [6, 6.07) is 17.4. The van der Waals surface area contributed by atoms with Gasteiger partial charge in [0.1, 0.15) is 5.75 Å². The number of hydrogen-bond acceptors (Lipinski definition) is 3. The predicted octanol–water partition coefficient (Wildman–Crippen LogP) is 4.79. The predicted molar refractivity (Wildman–Crippen MR) is 123 cm³/mol. The van der Waals surface area contributed by atoms with Crippen LogP contribution < -0.4 is 15.4 Å². The van der Waals surface area contributed by atoms with Crippen LogP contribution in [-0.2, 0) is 6.54 Å². The first-order valence-corrected chi connectivity index (χ1v) is 10.5. The van der Waals surface area contributed by atoms with E-state index in [-0.39, 0.29) is 18.0 Å². The van der Waals surface area contributed by atoms with E-state index in [1.165, 1.54) is 16.8 Å². The largest absolute Gasteiger partial charge is 0.497 e. The number of nitrogens with one attached hydrogen (secondary N) is 2. The molecule has 4 rings (SSSR count). The van der Waals surface area contributed by atoms with Gasteiger partial charge in [-0.25, -0.2) is 4.79 Å². The number of urea groups is 1. The number of anilines is 1. The number of benzene rings is 2. The molecule has 6 heteroatoms. The third-order valence-electron chi connectivity index (χ3n) is 5.73. The molecule has 0 saturated carbocycles. The molecule has 6 nitrogen and oxygen atoms in total. The van der Waals surface area contributed by atoms with Crippen LogP contribution in [0.15, 0.2) is 66.7 Å². The second-order valence-corrected chi connectivity index (χ2v) is 7.89. The average molecular weight is 417 g/mol. The molecule has 2 amide bonds. The van der Waals surface area contributed by atoms with Crippen molar-refractivity contribution in [3.05, 3.63) is 89.3 Å². The number of aryl methyl sites for hydroxylation is 1. The van der Waals surface area contributed by atoms with Crippen LogP contribution >= 0.6 is 0 Å². The Morgan fingerprint density at radius 3 is 2.55 bits per heavy atom. The van der Waals surface area contributed by atoms with Crippen molar-refractivity contribution >= 4 is 11.7 Å². The number of hydrogen-bond donors (Lipinski definition) is 2. The number of allylic oxidation sites excluding steroid dienone is 1. The summed E-state index contributed by atoms with van der Waals surface area (Å²) in [5.41, 5.74) is 5.44. The van der Waals surface area contributed by atoms with Gasteiger partial charge in [-0.2, -0.15) is 5.10 Å². The number of carbonyl (C=O) groups excluding carboxylic acids is 1. The van der Waals surface area contributed by atoms with Crippen LogP contribution in [-0.4, -0.2) is 29.0 Å². The minimum Gasteiger partial charge on any atom is -0.497 e. The van der Waals surface area contributed by atoms with Gasteiger partial charge in [0.2, 0.25) is 0 Å². The molecule has 31 heavy (non-hydrogen) atoms. The molecule has 0 radical (unpaired) electrons. The number of methoxy groups -OCH3 is 1. The summed E-state index contributed by atoms with van der Waals surface area (Å²) in [6.45, 7) is 4.95. The summed E-state index contributed by atoms with van der Waals surface area (Å²) in [7, 11) is 1.62. The highest BCUT2D eigenvalue weighted by Gasteiger charge is 2.26. The maximum Gasteiger partial charge on any atom is 0.319 e. The summed E-state index contributed by atoms with van der Waals surface area (Å²) >= 11 is 0. The Hall–Kier alpha value is -3.54. The summed E-state index contributed by atoms with van der Waals surface area (Å²) in [5.74, 6) is 1.00. The fraction of sp³-hybridized carbons (Fsp3) is 0.280. The van der Waals surface area contributed by atoms with Crippen LogP contribution in [0.5, 0.6) is 5.75 Å². The SMILES string of the molecule is COc1ccc(NC(=O)NC2C=CC(c3c(C)nn(Cc4ccccc4)c3C)C2)cc1. The summed E-state index contributed by atoms with van der Waals surface area (Å²) < 4.78 is 7.22. The lowest BCUT2D eigenvalue weighted by Crippen LogP contribution is -2.36. The molecular formula is C25H28N4O2. The first kappa shape index (κ1) is 20.7. The number of ether oxygens (including phenoxy) is 1. The van der Waals surface area contributed by atoms with Crippen molar-refractivity contribution < 1.29 is 9.53 Å². The second-order valence-electron chi connectivity index (χ2n) is 7.89. The van der Waals surface area contributed by atoms with Crippen LogP contribution in [0.4, 0.5) is 10.5 Å². The topological polar surface area (TPSA) is 68.2 Å². The van der Waals surface area contributed by atoms with Gasteiger partial charge >= 0.3 is 6.03 Å². The number of aromatic nitrogens is 2. The molecule has 2 aromatic carbocycles. The van der Waals surface area contributed by atoms with E-state index in [0.717, 1.165) is 30.1 Å². The van der Waals surface area contributed by atoms with E-state index in [1.54, 1.807) is 7.11 Å². The molecule has 1 aliphatic rings. The molecule has 3 aromatic rings. The second kappa shape index (κ2) is 9.08. The van der Waals surface area contributed by atoms with E-state index < -0.39 is 0 Å². The summed E-state index contributed by atoms with van der Waals surface area (Å²) in [6.07, 6.45) is 5.09. The maximum atomic E-state index is 12.4. The minimum absolute atomic E-state index is 0.0143. The maximum absolute atomic E-state index is 12.4. The van der Waals surface area contributed by atoms with Gasteiger partial charge in [-0.3, -0.25) is 4.68 Å². The molecular weight excluding hydrogens is 388 g/mol. The lowest BCUT2D eigenvalue weighted by molar-refractivity contribution is 0.250. The highest BCUT2D eigenvalue weighted by atomic mass is 16.5. The highest BCUT2D eigenvalue weighted by Crippen LogP contribution is 2.33. The molecule has 0 bridgehead atoms. The fourth-order valence-electron chi connectivity index (χ4n) is 4.19. The monoisotopic (exact) mass is 416 g/mol. The van der Waals surface area contributed by atoms with Crippen LogP contribution in [0.3, 0.4) is 0 Å². The standard InChI is InChI=1S/C25H28N4O2/c1-17-24(18(2)29(28-17)16-19-7-5-4-6-8-19)20-9-10-22(15-20)27-25(30)26-21-11-13-23(31-3)14-12-21/h4-14,20,22H,15-16H2,1-3H3,(H2,26,27,30). The van der Waals surface area contributed by atoms with Crippen molar-refractivity contribution in [2.45, 2.75) is 38.8 Å². The summed E-state index contributed by atoms with van der Waals surface area (Å²) in [4.78, 5) is 12.4. The minimum atomic E-state index is -0.214. The molecule has 2 unspecified atom stereocenters. The van der Waals surface area contributed by atoms with Gasteiger partial charge in [0.15, 0.2) is 0 Å². The Labute approximate surface area is 182 Å². The Morgan fingerprint density at radius 1 is 1.10 bits per heavy atom. The van der Waals surface area contributed by atoms with Gasteiger partial charge in [-0.15, -0.1) is 0 Å². The average Bonchev–Trinajstić information content (AvgIpc) is 3.32. The van der Waals surface area contributed by atoms with E-state index in [0.29, 0.717) is 0 Å². The first-order valence-electron chi connectivity index (χ1n) is 10.5. The highest BCUT2D eigenvalue weighted by molar-refractivity contribution is 5.89. The molecule has 0 aliphatic heterocycles. The Bertz CT molecular complexity index is 1070. The Kier molecular flexibility index (Phi) is 6.07. The first-order chi connectivity index (χ1) is 15.0. The summed E-state index contributed by atoms with van der Waals surface area (Å²) in [5, 5.41) is 10.7. The van der Waals surface area contributed by atoms with Gasteiger partial charge in [-0.1, -0.05) is 42.5 Å². The third-order valence-corrected chi connectivity index (χ3v) is 5.73. The molecule has 0 spiro atoms. The van der Waals surface area contributed by atoms with E-state index in [1.807, 2.05) is 30.3 Å². The number of nitrogens with zero attached hydrogens (tertiary/aromatic N) is 2. The quantitative estimate of drug-likeness (QED) is 0.568. The van der Waals surface area contributed by atoms with E-state index in [4.69, 9.17) is 9.84 Å². The normalized spacial score (nSPS) is 17.5. The number of carbonyl (C=O) groups is 1. The van der Waals surface area contributed by atoms with Gasteiger partial charge in [0.25, 0.3) is 0 Å². The Balaban J connectivity index is 1.37. The zero-order chi connectivity index (χ0) is 21.8. The van der Waals surface area contributed by atoms with Crippen LogP contribution in [0, 0.1) is 13.8 Å². The van der Waals surface area contributed by atoms with Crippen molar-refractivity contribution in [1.29, 1.82) is 0 Å². The molecule has 1 aliphatic carbocycles. The number of amides is 2.